The first-order valence-electron chi connectivity index (χ1n) is 12.9. The maximum absolute atomic E-state index is 4.71. The molecule has 37 heavy (non-hydrogen) atoms. The molecule has 0 saturated heterocycles. The predicted octanol–water partition coefficient (Wildman–Crippen LogP) is 8.71. The molecule has 2 heteroatoms. The van der Waals surface area contributed by atoms with E-state index in [1.165, 1.54) is 49.6 Å². The van der Waals surface area contributed by atoms with Crippen molar-refractivity contribution in [1.82, 2.24) is 4.57 Å². The first-order chi connectivity index (χ1) is 18.1. The van der Waals surface area contributed by atoms with Crippen LogP contribution < -0.4 is 0 Å². The van der Waals surface area contributed by atoms with E-state index in [-0.39, 0.29) is 5.41 Å². The lowest BCUT2D eigenvalue weighted by Gasteiger charge is -2.21. The molecule has 1 aromatic heterocycles. The minimum Gasteiger partial charge on any atom is -0.309 e. The van der Waals surface area contributed by atoms with E-state index in [1.54, 1.807) is 0 Å². The monoisotopic (exact) mass is 476 g/mol. The van der Waals surface area contributed by atoms with Crippen molar-refractivity contribution in [3.05, 3.63) is 138 Å². The maximum Gasteiger partial charge on any atom is 0.0639 e. The van der Waals surface area contributed by atoms with Crippen molar-refractivity contribution in [2.24, 2.45) is 4.99 Å². The third kappa shape index (κ3) is 3.44. The second-order valence-electron chi connectivity index (χ2n) is 10.5. The van der Waals surface area contributed by atoms with E-state index < -0.39 is 0 Å². The van der Waals surface area contributed by atoms with E-state index in [4.69, 9.17) is 4.99 Å². The molecule has 1 aliphatic carbocycles. The van der Waals surface area contributed by atoms with Crippen LogP contribution >= 0.6 is 0 Å². The summed E-state index contributed by atoms with van der Waals surface area (Å²) in [6.45, 7) is 5.38. The number of hydrogen-bond donors (Lipinski definition) is 0. The number of aliphatic imine (C=N–C) groups is 1. The molecule has 0 amide bonds. The molecule has 0 radical (unpaired) electrons. The van der Waals surface area contributed by atoms with Crippen LogP contribution in [-0.4, -0.2) is 10.8 Å². The van der Waals surface area contributed by atoms with Gasteiger partial charge in [-0.2, -0.15) is 0 Å². The van der Waals surface area contributed by atoms with Gasteiger partial charge in [0, 0.05) is 28.1 Å². The van der Waals surface area contributed by atoms with E-state index >= 15 is 0 Å². The molecule has 0 aliphatic heterocycles. The van der Waals surface area contributed by atoms with Crippen LogP contribution in [0, 0.1) is 0 Å². The molecular formula is C35H28N2. The highest BCUT2D eigenvalue weighted by Gasteiger charge is 2.36. The van der Waals surface area contributed by atoms with Gasteiger partial charge in [0.2, 0.25) is 0 Å². The number of para-hydroxylation sites is 1. The number of rotatable bonds is 4. The molecule has 1 heterocycles. The summed E-state index contributed by atoms with van der Waals surface area (Å²) in [6.07, 6.45) is 1.99. The fourth-order valence-electron chi connectivity index (χ4n) is 6.03. The minimum absolute atomic E-state index is 0.0344. The van der Waals surface area contributed by atoms with Gasteiger partial charge in [-0.1, -0.05) is 98.8 Å². The highest BCUT2D eigenvalue weighted by molar-refractivity contribution is 6.11. The number of benzene rings is 5. The van der Waals surface area contributed by atoms with Crippen LogP contribution in [0.15, 0.2) is 120 Å². The van der Waals surface area contributed by atoms with Crippen LogP contribution in [0.4, 0.5) is 0 Å². The molecule has 0 unspecified atom stereocenters. The predicted molar refractivity (Wildman–Crippen MR) is 156 cm³/mol. The van der Waals surface area contributed by atoms with Crippen LogP contribution in [0.25, 0.3) is 38.6 Å². The number of nitrogens with zero attached hydrogens (tertiary/aromatic N) is 2. The standard InChI is InChI=1S/C35H28N2/c1-35(2)31-17-8-6-15-27(31)29-20-30-28-16-7-9-18-33(28)37(34(30)21-32(29)35)26-14-10-13-25(19-26)23-36-22-24-11-4-3-5-12-24/h3-21,23H,22H2,1-2H3/b36-23+. The Labute approximate surface area is 217 Å². The third-order valence-corrected chi connectivity index (χ3v) is 7.86. The van der Waals surface area contributed by atoms with E-state index in [0.717, 1.165) is 11.3 Å². The summed E-state index contributed by atoms with van der Waals surface area (Å²) < 4.78 is 2.42. The van der Waals surface area contributed by atoms with Crippen molar-refractivity contribution in [1.29, 1.82) is 0 Å². The fraction of sp³-hybridized carbons (Fsp3) is 0.114. The van der Waals surface area contributed by atoms with Gasteiger partial charge in [0.1, 0.15) is 0 Å². The number of aromatic nitrogens is 1. The molecule has 6 aromatic rings. The average Bonchev–Trinajstić information content (AvgIpc) is 3.37. The van der Waals surface area contributed by atoms with Gasteiger partial charge in [-0.15, -0.1) is 0 Å². The molecule has 7 rings (SSSR count). The maximum atomic E-state index is 4.71. The van der Waals surface area contributed by atoms with Crippen molar-refractivity contribution < 1.29 is 0 Å². The Morgan fingerprint density at radius 3 is 2.32 bits per heavy atom. The third-order valence-electron chi connectivity index (χ3n) is 7.86. The molecule has 0 bridgehead atoms. The highest BCUT2D eigenvalue weighted by atomic mass is 15.0. The van der Waals surface area contributed by atoms with E-state index in [9.17, 15) is 0 Å². The molecule has 178 valence electrons. The topological polar surface area (TPSA) is 17.3 Å². The molecule has 5 aromatic carbocycles. The highest BCUT2D eigenvalue weighted by Crippen LogP contribution is 2.50. The van der Waals surface area contributed by atoms with Crippen molar-refractivity contribution in [2.75, 3.05) is 0 Å². The van der Waals surface area contributed by atoms with Gasteiger partial charge in [0.15, 0.2) is 0 Å². The van der Waals surface area contributed by atoms with E-state index in [0.29, 0.717) is 6.54 Å². The summed E-state index contributed by atoms with van der Waals surface area (Å²) in [5, 5.41) is 2.58. The normalized spacial score (nSPS) is 13.9. The Hall–Kier alpha value is -4.43. The second-order valence-corrected chi connectivity index (χ2v) is 10.5. The van der Waals surface area contributed by atoms with Crippen molar-refractivity contribution in [2.45, 2.75) is 25.8 Å². The van der Waals surface area contributed by atoms with Crippen LogP contribution in [0.2, 0.25) is 0 Å². The zero-order valence-electron chi connectivity index (χ0n) is 21.1. The van der Waals surface area contributed by atoms with Gasteiger partial charge < -0.3 is 4.57 Å². The zero-order valence-corrected chi connectivity index (χ0v) is 21.1. The summed E-state index contributed by atoms with van der Waals surface area (Å²) in [5.41, 5.74) is 11.4. The molecule has 0 atom stereocenters. The van der Waals surface area contributed by atoms with Crippen LogP contribution in [-0.2, 0) is 12.0 Å². The van der Waals surface area contributed by atoms with E-state index in [1.807, 2.05) is 12.3 Å². The SMILES string of the molecule is CC1(C)c2ccccc2-c2cc3c4ccccc4n(-c4cccc(/C=N/Cc5ccccc5)c4)c3cc21. The number of fused-ring (bicyclic) bond motifs is 6. The van der Waals surface area contributed by atoms with Gasteiger partial charge >= 0.3 is 0 Å². The molecule has 0 N–H and O–H groups in total. The lowest BCUT2D eigenvalue weighted by atomic mass is 9.82. The Morgan fingerprint density at radius 1 is 0.649 bits per heavy atom. The molecule has 0 fully saturated rings. The van der Waals surface area contributed by atoms with Crippen molar-refractivity contribution in [3.63, 3.8) is 0 Å². The van der Waals surface area contributed by atoms with Gasteiger partial charge in [-0.25, -0.2) is 0 Å². The molecule has 0 saturated carbocycles. The van der Waals surface area contributed by atoms with Gasteiger partial charge in [-0.05, 0) is 63.7 Å². The van der Waals surface area contributed by atoms with Crippen LogP contribution in [0.3, 0.4) is 0 Å². The summed E-state index contributed by atoms with van der Waals surface area (Å²) in [6, 6.07) is 41.6. The lowest BCUT2D eigenvalue weighted by molar-refractivity contribution is 0.661. The number of hydrogen-bond acceptors (Lipinski definition) is 1. The molecule has 1 aliphatic rings. The average molecular weight is 477 g/mol. The van der Waals surface area contributed by atoms with Crippen LogP contribution in [0.5, 0.6) is 0 Å². The zero-order chi connectivity index (χ0) is 25.0. The molecule has 2 nitrogen and oxygen atoms in total. The van der Waals surface area contributed by atoms with Gasteiger partial charge in [-0.3, -0.25) is 4.99 Å². The van der Waals surface area contributed by atoms with Gasteiger partial charge in [0.05, 0.1) is 17.6 Å². The Bertz CT molecular complexity index is 1820. The lowest BCUT2D eigenvalue weighted by Crippen LogP contribution is -2.14. The van der Waals surface area contributed by atoms with Crippen molar-refractivity contribution in [3.8, 4) is 16.8 Å². The van der Waals surface area contributed by atoms with Gasteiger partial charge in [0.25, 0.3) is 0 Å². The largest absolute Gasteiger partial charge is 0.309 e. The Balaban J connectivity index is 1.39. The van der Waals surface area contributed by atoms with Crippen LogP contribution in [0.1, 0.15) is 36.1 Å². The Kier molecular flexibility index (Phi) is 4.90. The smallest absolute Gasteiger partial charge is 0.0639 e. The van der Waals surface area contributed by atoms with Crippen molar-refractivity contribution >= 4 is 28.0 Å². The summed E-state index contributed by atoms with van der Waals surface area (Å²) >= 11 is 0. The second kappa shape index (κ2) is 8.31. The Morgan fingerprint density at radius 2 is 1.43 bits per heavy atom. The summed E-state index contributed by atoms with van der Waals surface area (Å²) in [5.74, 6) is 0. The first kappa shape index (κ1) is 21.8. The molecular weight excluding hydrogens is 448 g/mol. The summed E-state index contributed by atoms with van der Waals surface area (Å²) in [7, 11) is 0. The first-order valence-corrected chi connectivity index (χ1v) is 12.9. The van der Waals surface area contributed by atoms with E-state index in [2.05, 4.69) is 128 Å². The summed E-state index contributed by atoms with van der Waals surface area (Å²) in [4.78, 5) is 4.71. The minimum atomic E-state index is -0.0344. The molecule has 0 spiro atoms. The quantitative estimate of drug-likeness (QED) is 0.226. The fourth-order valence-corrected chi connectivity index (χ4v) is 6.03.